The lowest BCUT2D eigenvalue weighted by Gasteiger charge is -2.11. The van der Waals surface area contributed by atoms with Crippen molar-refractivity contribution in [2.24, 2.45) is 0 Å². The van der Waals surface area contributed by atoms with Crippen LogP contribution in [0.15, 0.2) is 48.5 Å². The van der Waals surface area contributed by atoms with Gasteiger partial charge in [-0.15, -0.1) is 0 Å². The van der Waals surface area contributed by atoms with Crippen molar-refractivity contribution >= 4 is 6.03 Å². The van der Waals surface area contributed by atoms with Crippen LogP contribution in [0.5, 0.6) is 11.5 Å². The summed E-state index contributed by atoms with van der Waals surface area (Å²) in [4.78, 5) is 11.8. The van der Waals surface area contributed by atoms with E-state index in [9.17, 15) is 4.79 Å². The van der Waals surface area contributed by atoms with Gasteiger partial charge in [-0.05, 0) is 30.2 Å². The summed E-state index contributed by atoms with van der Waals surface area (Å²) in [5.74, 6) is 1.57. The number of para-hydroxylation sites is 1. The standard InChI is InChI=1S/C19H24N2O3/c1-3-15-8-10-17(11-9-15)24-13-12-20-19(22)21-14-16-6-4-5-7-18(16)23-2/h4-11H,3,12-14H2,1-2H3,(H2,20,21,22). The van der Waals surface area contributed by atoms with Crippen molar-refractivity contribution in [2.75, 3.05) is 20.3 Å². The van der Waals surface area contributed by atoms with Gasteiger partial charge in [0.1, 0.15) is 18.1 Å². The van der Waals surface area contributed by atoms with E-state index in [0.29, 0.717) is 19.7 Å². The Kier molecular flexibility index (Phi) is 6.95. The van der Waals surface area contributed by atoms with Crippen LogP contribution in [0, 0.1) is 0 Å². The molecule has 2 aromatic rings. The molecule has 0 aliphatic heterocycles. The minimum absolute atomic E-state index is 0.231. The first-order chi connectivity index (χ1) is 11.7. The van der Waals surface area contributed by atoms with Crippen molar-refractivity contribution in [1.82, 2.24) is 10.6 Å². The molecule has 2 amide bonds. The number of amides is 2. The number of rotatable bonds is 8. The number of ether oxygens (including phenoxy) is 2. The van der Waals surface area contributed by atoms with Crippen LogP contribution in [0.4, 0.5) is 4.79 Å². The summed E-state index contributed by atoms with van der Waals surface area (Å²) < 4.78 is 10.8. The van der Waals surface area contributed by atoms with Crippen molar-refractivity contribution in [3.8, 4) is 11.5 Å². The molecule has 0 aromatic heterocycles. The van der Waals surface area contributed by atoms with Gasteiger partial charge in [-0.1, -0.05) is 37.3 Å². The quantitative estimate of drug-likeness (QED) is 0.732. The van der Waals surface area contributed by atoms with Crippen molar-refractivity contribution in [2.45, 2.75) is 19.9 Å². The van der Waals surface area contributed by atoms with E-state index in [4.69, 9.17) is 9.47 Å². The third-order valence-electron chi connectivity index (χ3n) is 3.62. The van der Waals surface area contributed by atoms with Crippen LogP contribution in [0.2, 0.25) is 0 Å². The molecule has 0 radical (unpaired) electrons. The van der Waals surface area contributed by atoms with E-state index in [0.717, 1.165) is 23.5 Å². The fourth-order valence-corrected chi connectivity index (χ4v) is 2.24. The van der Waals surface area contributed by atoms with Gasteiger partial charge in [0.05, 0.1) is 13.7 Å². The van der Waals surface area contributed by atoms with Gasteiger partial charge in [-0.3, -0.25) is 0 Å². The fourth-order valence-electron chi connectivity index (χ4n) is 2.24. The van der Waals surface area contributed by atoms with Gasteiger partial charge < -0.3 is 20.1 Å². The monoisotopic (exact) mass is 328 g/mol. The van der Waals surface area contributed by atoms with Crippen molar-refractivity contribution in [3.63, 3.8) is 0 Å². The molecule has 5 nitrogen and oxygen atoms in total. The predicted molar refractivity (Wildman–Crippen MR) is 94.5 cm³/mol. The molecule has 5 heteroatoms. The van der Waals surface area contributed by atoms with Crippen LogP contribution < -0.4 is 20.1 Å². The molecule has 0 saturated carbocycles. The molecule has 0 aliphatic rings. The lowest BCUT2D eigenvalue weighted by Crippen LogP contribution is -2.37. The van der Waals surface area contributed by atoms with Crippen LogP contribution in [-0.2, 0) is 13.0 Å². The number of urea groups is 1. The molecule has 0 saturated heterocycles. The van der Waals surface area contributed by atoms with E-state index in [1.807, 2.05) is 48.5 Å². The summed E-state index contributed by atoms with van der Waals surface area (Å²) in [6.45, 7) is 3.39. The van der Waals surface area contributed by atoms with Gasteiger partial charge in [0.15, 0.2) is 0 Å². The number of methoxy groups -OCH3 is 1. The minimum atomic E-state index is -0.231. The predicted octanol–water partition coefficient (Wildman–Crippen LogP) is 3.14. The van der Waals surface area contributed by atoms with Gasteiger partial charge in [0.25, 0.3) is 0 Å². The molecule has 0 fully saturated rings. The lowest BCUT2D eigenvalue weighted by atomic mass is 10.2. The molecule has 2 N–H and O–H groups in total. The Hall–Kier alpha value is -2.69. The largest absolute Gasteiger partial charge is 0.496 e. The molecule has 0 atom stereocenters. The second-order valence-corrected chi connectivity index (χ2v) is 5.27. The minimum Gasteiger partial charge on any atom is -0.496 e. The Labute approximate surface area is 143 Å². The summed E-state index contributed by atoms with van der Waals surface area (Å²) in [5, 5.41) is 5.57. The fraction of sp³-hybridized carbons (Fsp3) is 0.316. The maximum atomic E-state index is 11.8. The summed E-state index contributed by atoms with van der Waals surface area (Å²) in [6.07, 6.45) is 1.01. The zero-order valence-corrected chi connectivity index (χ0v) is 14.2. The molecule has 0 bridgehead atoms. The number of hydrogen-bond donors (Lipinski definition) is 2. The van der Waals surface area contributed by atoms with E-state index in [-0.39, 0.29) is 6.03 Å². The van der Waals surface area contributed by atoms with E-state index < -0.39 is 0 Å². The van der Waals surface area contributed by atoms with Crippen LogP contribution in [0.1, 0.15) is 18.1 Å². The summed E-state index contributed by atoms with van der Waals surface area (Å²) in [7, 11) is 1.61. The second kappa shape index (κ2) is 9.45. The first-order valence-corrected chi connectivity index (χ1v) is 8.08. The number of hydrogen-bond acceptors (Lipinski definition) is 3. The average Bonchev–Trinajstić information content (AvgIpc) is 2.64. The third kappa shape index (κ3) is 5.50. The van der Waals surface area contributed by atoms with E-state index >= 15 is 0 Å². The van der Waals surface area contributed by atoms with E-state index in [1.54, 1.807) is 7.11 Å². The zero-order valence-electron chi connectivity index (χ0n) is 14.2. The summed E-state index contributed by atoms with van der Waals surface area (Å²) in [6, 6.07) is 15.3. The van der Waals surface area contributed by atoms with Gasteiger partial charge in [-0.25, -0.2) is 4.79 Å². The Bertz CT molecular complexity index is 641. The van der Waals surface area contributed by atoms with Gasteiger partial charge in [-0.2, -0.15) is 0 Å². The van der Waals surface area contributed by atoms with Crippen molar-refractivity contribution < 1.29 is 14.3 Å². The number of benzene rings is 2. The molecule has 2 rings (SSSR count). The second-order valence-electron chi connectivity index (χ2n) is 5.27. The van der Waals surface area contributed by atoms with Crippen molar-refractivity contribution in [3.05, 3.63) is 59.7 Å². The number of carbonyl (C=O) groups is 1. The smallest absolute Gasteiger partial charge is 0.315 e. The third-order valence-corrected chi connectivity index (χ3v) is 3.62. The van der Waals surface area contributed by atoms with E-state index in [1.165, 1.54) is 5.56 Å². The Balaban J connectivity index is 1.66. The maximum absolute atomic E-state index is 11.8. The Morgan fingerprint density at radius 2 is 1.79 bits per heavy atom. The number of nitrogens with one attached hydrogen (secondary N) is 2. The van der Waals surface area contributed by atoms with Crippen LogP contribution in [0.3, 0.4) is 0 Å². The van der Waals surface area contributed by atoms with E-state index in [2.05, 4.69) is 17.6 Å². The highest BCUT2D eigenvalue weighted by Gasteiger charge is 2.04. The molecular weight excluding hydrogens is 304 g/mol. The average molecular weight is 328 g/mol. The number of aryl methyl sites for hydroxylation is 1. The number of carbonyl (C=O) groups excluding carboxylic acids is 1. The first kappa shape index (κ1) is 17.7. The molecule has 0 unspecified atom stereocenters. The zero-order chi connectivity index (χ0) is 17.2. The van der Waals surface area contributed by atoms with Gasteiger partial charge in [0.2, 0.25) is 0 Å². The SMILES string of the molecule is CCc1ccc(OCCNC(=O)NCc2ccccc2OC)cc1. The van der Waals surface area contributed by atoms with Crippen LogP contribution >= 0.6 is 0 Å². The molecule has 0 aliphatic carbocycles. The normalized spacial score (nSPS) is 10.1. The van der Waals surface area contributed by atoms with Crippen LogP contribution in [0.25, 0.3) is 0 Å². The van der Waals surface area contributed by atoms with Crippen LogP contribution in [-0.4, -0.2) is 26.3 Å². The molecule has 0 spiro atoms. The summed E-state index contributed by atoms with van der Waals surface area (Å²) >= 11 is 0. The highest BCUT2D eigenvalue weighted by molar-refractivity contribution is 5.73. The molecule has 0 heterocycles. The molecule has 24 heavy (non-hydrogen) atoms. The Morgan fingerprint density at radius 1 is 1.04 bits per heavy atom. The maximum Gasteiger partial charge on any atom is 0.315 e. The molecule has 2 aromatic carbocycles. The lowest BCUT2D eigenvalue weighted by molar-refractivity contribution is 0.236. The first-order valence-electron chi connectivity index (χ1n) is 8.08. The highest BCUT2D eigenvalue weighted by atomic mass is 16.5. The van der Waals surface area contributed by atoms with Gasteiger partial charge in [0, 0.05) is 12.1 Å². The molecule has 128 valence electrons. The Morgan fingerprint density at radius 3 is 2.50 bits per heavy atom. The van der Waals surface area contributed by atoms with Crippen molar-refractivity contribution in [1.29, 1.82) is 0 Å². The van der Waals surface area contributed by atoms with Gasteiger partial charge >= 0.3 is 6.03 Å². The highest BCUT2D eigenvalue weighted by Crippen LogP contribution is 2.16. The molecular formula is C19H24N2O3. The summed E-state index contributed by atoms with van der Waals surface area (Å²) in [5.41, 5.74) is 2.21. The topological polar surface area (TPSA) is 59.6 Å².